The van der Waals surface area contributed by atoms with Gasteiger partial charge in [-0.25, -0.2) is 0 Å². The van der Waals surface area contributed by atoms with E-state index in [-0.39, 0.29) is 18.5 Å². The van der Waals surface area contributed by atoms with Gasteiger partial charge < -0.3 is 20.3 Å². The van der Waals surface area contributed by atoms with Crippen molar-refractivity contribution in [1.82, 2.24) is 5.32 Å². The van der Waals surface area contributed by atoms with Gasteiger partial charge in [-0.05, 0) is 57.8 Å². The van der Waals surface area contributed by atoms with Crippen molar-refractivity contribution in [3.8, 4) is 0 Å². The SMILES string of the molecule is CCCCCCCCCCCCCCCCCCCCC/C=C/C(O)C(CO)NC(=O)CCCCCCCCCCCCCCCCCC/C=C\CCCCCCCCCCCCCCOC(=O)CCCCCCCCCCCCCCCCCCC. The summed E-state index contributed by atoms with van der Waals surface area (Å²) in [5.74, 6) is -0.0375. The zero-order chi connectivity index (χ0) is 62.8. The second-order valence-corrected chi connectivity index (χ2v) is 27.8. The number of aliphatic hydroxyl groups excluding tert-OH is 2. The summed E-state index contributed by atoms with van der Waals surface area (Å²) in [6.07, 6.45) is 98.7. The van der Waals surface area contributed by atoms with E-state index in [9.17, 15) is 19.8 Å². The van der Waals surface area contributed by atoms with Crippen LogP contribution >= 0.6 is 0 Å². The first-order valence-electron chi connectivity index (χ1n) is 40.1. The van der Waals surface area contributed by atoms with Crippen LogP contribution in [-0.4, -0.2) is 47.4 Å². The summed E-state index contributed by atoms with van der Waals surface area (Å²) in [7, 11) is 0. The molecule has 0 aliphatic heterocycles. The Morgan fingerprint density at radius 1 is 0.310 bits per heavy atom. The van der Waals surface area contributed by atoms with E-state index < -0.39 is 12.1 Å². The van der Waals surface area contributed by atoms with E-state index in [1.165, 1.54) is 392 Å². The van der Waals surface area contributed by atoms with Crippen LogP contribution in [-0.2, 0) is 14.3 Å². The van der Waals surface area contributed by atoms with Crippen LogP contribution in [0.1, 0.15) is 457 Å². The number of aliphatic hydroxyl groups is 2. The van der Waals surface area contributed by atoms with Crippen molar-refractivity contribution >= 4 is 11.9 Å². The molecule has 0 aromatic heterocycles. The zero-order valence-corrected chi connectivity index (χ0v) is 59.3. The number of rotatable bonds is 76. The number of hydrogen-bond acceptors (Lipinski definition) is 5. The minimum absolute atomic E-state index is 0.0230. The molecule has 516 valence electrons. The lowest BCUT2D eigenvalue weighted by molar-refractivity contribution is -0.143. The van der Waals surface area contributed by atoms with Crippen molar-refractivity contribution in [3.63, 3.8) is 0 Å². The molecule has 2 unspecified atom stereocenters. The number of nitrogens with one attached hydrogen (secondary N) is 1. The topological polar surface area (TPSA) is 95.9 Å². The number of ether oxygens (including phenoxy) is 1. The Balaban J connectivity index is 3.36. The highest BCUT2D eigenvalue weighted by Crippen LogP contribution is 2.20. The van der Waals surface area contributed by atoms with Crippen LogP contribution in [0.2, 0.25) is 0 Å². The number of hydrogen-bond donors (Lipinski definition) is 3. The Bertz CT molecular complexity index is 1360. The van der Waals surface area contributed by atoms with E-state index >= 15 is 0 Å². The maximum Gasteiger partial charge on any atom is 0.305 e. The molecule has 0 rings (SSSR count). The number of esters is 1. The van der Waals surface area contributed by atoms with Crippen LogP contribution in [0.15, 0.2) is 24.3 Å². The molecule has 0 heterocycles. The smallest absolute Gasteiger partial charge is 0.305 e. The van der Waals surface area contributed by atoms with Gasteiger partial charge in [0, 0.05) is 12.8 Å². The second kappa shape index (κ2) is 76.8. The average Bonchev–Trinajstić information content (AvgIpc) is 3.58. The fraction of sp³-hybridized carbons (Fsp3) is 0.926. The highest BCUT2D eigenvalue weighted by molar-refractivity contribution is 5.76. The van der Waals surface area contributed by atoms with E-state index in [0.29, 0.717) is 19.4 Å². The molecule has 0 fully saturated rings. The third-order valence-electron chi connectivity index (χ3n) is 19.0. The van der Waals surface area contributed by atoms with E-state index in [2.05, 4.69) is 31.3 Å². The van der Waals surface area contributed by atoms with Crippen molar-refractivity contribution < 1.29 is 24.5 Å². The highest BCUT2D eigenvalue weighted by atomic mass is 16.5. The fourth-order valence-electron chi connectivity index (χ4n) is 12.9. The fourth-order valence-corrected chi connectivity index (χ4v) is 12.9. The molecule has 0 radical (unpaired) electrons. The van der Waals surface area contributed by atoms with E-state index in [0.717, 1.165) is 38.5 Å². The Morgan fingerprint density at radius 2 is 0.540 bits per heavy atom. The molecule has 3 N–H and O–H groups in total. The molecule has 1 amide bonds. The first kappa shape index (κ1) is 85.3. The van der Waals surface area contributed by atoms with Gasteiger partial charge in [0.2, 0.25) is 5.91 Å². The van der Waals surface area contributed by atoms with Crippen molar-refractivity contribution in [2.24, 2.45) is 0 Å². The summed E-state index contributed by atoms with van der Waals surface area (Å²) in [6, 6.07) is -0.627. The summed E-state index contributed by atoms with van der Waals surface area (Å²) >= 11 is 0. The minimum Gasteiger partial charge on any atom is -0.466 e. The maximum atomic E-state index is 12.5. The second-order valence-electron chi connectivity index (χ2n) is 27.8. The lowest BCUT2D eigenvalue weighted by Crippen LogP contribution is -2.45. The van der Waals surface area contributed by atoms with Crippen molar-refractivity contribution in [1.29, 1.82) is 0 Å². The molecule has 0 aromatic carbocycles. The summed E-state index contributed by atoms with van der Waals surface area (Å²) in [6.45, 7) is 4.96. The zero-order valence-electron chi connectivity index (χ0n) is 59.3. The molecule has 0 saturated heterocycles. The molecule has 6 heteroatoms. The van der Waals surface area contributed by atoms with Crippen LogP contribution < -0.4 is 5.32 Å². The van der Waals surface area contributed by atoms with Crippen molar-refractivity contribution in [3.05, 3.63) is 24.3 Å². The van der Waals surface area contributed by atoms with E-state index in [4.69, 9.17) is 4.74 Å². The summed E-state index contributed by atoms with van der Waals surface area (Å²) in [5, 5.41) is 23.3. The van der Waals surface area contributed by atoms with Gasteiger partial charge >= 0.3 is 5.97 Å². The summed E-state index contributed by atoms with van der Waals surface area (Å²) in [5.41, 5.74) is 0. The van der Waals surface area contributed by atoms with Crippen LogP contribution in [0.3, 0.4) is 0 Å². The normalized spacial score (nSPS) is 12.6. The van der Waals surface area contributed by atoms with Gasteiger partial charge in [-0.1, -0.05) is 411 Å². The molecule has 87 heavy (non-hydrogen) atoms. The Hall–Kier alpha value is -1.66. The van der Waals surface area contributed by atoms with Crippen molar-refractivity contribution in [2.45, 2.75) is 469 Å². The molecule has 0 bridgehead atoms. The molecule has 0 aliphatic rings. The first-order valence-corrected chi connectivity index (χ1v) is 40.1. The largest absolute Gasteiger partial charge is 0.466 e. The molecular formula is C81H157NO5. The van der Waals surface area contributed by atoms with Crippen LogP contribution in [0.25, 0.3) is 0 Å². The lowest BCUT2D eigenvalue weighted by atomic mass is 10.0. The molecule has 6 nitrogen and oxygen atoms in total. The van der Waals surface area contributed by atoms with Gasteiger partial charge in [0.15, 0.2) is 0 Å². The van der Waals surface area contributed by atoms with E-state index in [1.807, 2.05) is 6.08 Å². The number of carbonyl (C=O) groups is 2. The van der Waals surface area contributed by atoms with Crippen molar-refractivity contribution in [2.75, 3.05) is 13.2 Å². The van der Waals surface area contributed by atoms with E-state index in [1.54, 1.807) is 6.08 Å². The predicted octanol–water partition coefficient (Wildman–Crippen LogP) is 26.4. The monoisotopic (exact) mass is 1220 g/mol. The van der Waals surface area contributed by atoms with Gasteiger partial charge in [0.25, 0.3) is 0 Å². The number of carbonyl (C=O) groups excluding carboxylic acids is 2. The quantitative estimate of drug-likeness (QED) is 0.0320. The Labute approximate surface area is 545 Å². The van der Waals surface area contributed by atoms with Crippen LogP contribution in [0, 0.1) is 0 Å². The van der Waals surface area contributed by atoms with Crippen LogP contribution in [0.5, 0.6) is 0 Å². The summed E-state index contributed by atoms with van der Waals surface area (Å²) in [4.78, 5) is 24.7. The Kier molecular flexibility index (Phi) is 75.3. The van der Waals surface area contributed by atoms with Gasteiger partial charge in [-0.3, -0.25) is 9.59 Å². The number of unbranched alkanes of at least 4 members (excludes halogenated alkanes) is 63. The molecule has 0 spiro atoms. The van der Waals surface area contributed by atoms with Crippen LogP contribution in [0.4, 0.5) is 0 Å². The molecule has 2 atom stereocenters. The van der Waals surface area contributed by atoms with Gasteiger partial charge in [-0.2, -0.15) is 0 Å². The number of amides is 1. The van der Waals surface area contributed by atoms with Gasteiger partial charge in [-0.15, -0.1) is 0 Å². The molecular weight excluding hydrogens is 1070 g/mol. The standard InChI is InChI=1S/C81H157NO5/c1-3-5-7-9-11-13-15-17-19-21-22-35-38-42-45-49-53-57-61-65-69-73-79(84)78(77-83)82-80(85)74-70-66-62-58-54-50-46-43-39-36-33-31-29-27-25-23-24-26-28-30-32-34-37-40-44-48-52-56-60-64-68-72-76-87-81(86)75-71-67-63-59-55-51-47-41-20-18-16-14-12-10-8-6-4-2/h26,28,69,73,78-79,83-84H,3-25,27,29-68,70-72,74-77H2,1-2H3,(H,82,85)/b28-26-,73-69+. The first-order chi connectivity index (χ1) is 43.0. The Morgan fingerprint density at radius 3 is 0.816 bits per heavy atom. The highest BCUT2D eigenvalue weighted by Gasteiger charge is 2.18. The predicted molar refractivity (Wildman–Crippen MR) is 384 cm³/mol. The third kappa shape index (κ3) is 73.3. The molecule has 0 aromatic rings. The summed E-state index contributed by atoms with van der Waals surface area (Å²) < 4.78 is 5.51. The third-order valence-corrected chi connectivity index (χ3v) is 19.0. The molecule has 0 saturated carbocycles. The molecule has 0 aliphatic carbocycles. The van der Waals surface area contributed by atoms with Gasteiger partial charge in [0.1, 0.15) is 0 Å². The maximum absolute atomic E-state index is 12.5. The lowest BCUT2D eigenvalue weighted by Gasteiger charge is -2.20. The number of allylic oxidation sites excluding steroid dienone is 3. The average molecular weight is 1230 g/mol. The van der Waals surface area contributed by atoms with Gasteiger partial charge in [0.05, 0.1) is 25.4 Å². The minimum atomic E-state index is -0.844.